The Morgan fingerprint density at radius 2 is 2.09 bits per heavy atom. The maximum Gasteiger partial charge on any atom is 0.246 e. The topological polar surface area (TPSA) is 67.3 Å². The van der Waals surface area contributed by atoms with Gasteiger partial charge in [0.25, 0.3) is 0 Å². The second-order valence-electron chi connectivity index (χ2n) is 5.76. The van der Waals surface area contributed by atoms with Crippen LogP contribution in [0.5, 0.6) is 0 Å². The molecule has 0 saturated carbocycles. The van der Waals surface area contributed by atoms with Gasteiger partial charge in [-0.1, -0.05) is 24.3 Å². The fourth-order valence-electron chi connectivity index (χ4n) is 2.80. The van der Waals surface area contributed by atoms with Crippen LogP contribution in [0.4, 0.5) is 0 Å². The first-order valence-corrected chi connectivity index (χ1v) is 9.27. The van der Waals surface area contributed by atoms with Crippen LogP contribution in [-0.2, 0) is 14.6 Å². The van der Waals surface area contributed by atoms with Crippen LogP contribution in [0, 0.1) is 0 Å². The van der Waals surface area contributed by atoms with Crippen LogP contribution in [-0.4, -0.2) is 48.8 Å². The SMILES string of the molecule is CN(C(=O)/C=C/c1cccc2cccnc12)C1CCS(=O)(=O)C1. The number of pyridine rings is 1. The minimum atomic E-state index is -3.00. The number of amides is 1. The molecule has 5 nitrogen and oxygen atoms in total. The monoisotopic (exact) mass is 330 g/mol. The Bertz CT molecular complexity index is 869. The Kier molecular flexibility index (Phi) is 4.17. The van der Waals surface area contributed by atoms with Crippen LogP contribution in [0.1, 0.15) is 12.0 Å². The Morgan fingerprint density at radius 3 is 2.83 bits per heavy atom. The van der Waals surface area contributed by atoms with Crippen molar-refractivity contribution >= 4 is 32.7 Å². The highest BCUT2D eigenvalue weighted by atomic mass is 32.2. The third-order valence-corrected chi connectivity index (χ3v) is 5.92. The minimum absolute atomic E-state index is 0.0545. The first-order valence-electron chi connectivity index (χ1n) is 7.45. The van der Waals surface area contributed by atoms with Gasteiger partial charge in [0.1, 0.15) is 0 Å². The lowest BCUT2D eigenvalue weighted by Gasteiger charge is -2.21. The van der Waals surface area contributed by atoms with Crippen LogP contribution >= 0.6 is 0 Å². The zero-order chi connectivity index (χ0) is 16.4. The van der Waals surface area contributed by atoms with Gasteiger partial charge in [-0.3, -0.25) is 9.78 Å². The number of sulfone groups is 1. The molecule has 1 aromatic carbocycles. The summed E-state index contributed by atoms with van der Waals surface area (Å²) in [6.07, 6.45) is 5.44. The van der Waals surface area contributed by atoms with Crippen molar-refractivity contribution in [2.24, 2.45) is 0 Å². The molecule has 3 rings (SSSR count). The number of hydrogen-bond acceptors (Lipinski definition) is 4. The highest BCUT2D eigenvalue weighted by Gasteiger charge is 2.31. The van der Waals surface area contributed by atoms with Gasteiger partial charge >= 0.3 is 0 Å². The molecular formula is C17H18N2O3S. The van der Waals surface area contributed by atoms with Gasteiger partial charge in [0.2, 0.25) is 5.91 Å². The average Bonchev–Trinajstić information content (AvgIpc) is 2.91. The van der Waals surface area contributed by atoms with Gasteiger partial charge in [-0.05, 0) is 18.6 Å². The van der Waals surface area contributed by atoms with Crippen molar-refractivity contribution < 1.29 is 13.2 Å². The summed E-state index contributed by atoms with van der Waals surface area (Å²) >= 11 is 0. The summed E-state index contributed by atoms with van der Waals surface area (Å²) in [5.41, 5.74) is 1.70. The summed E-state index contributed by atoms with van der Waals surface area (Å²) in [6, 6.07) is 9.40. The largest absolute Gasteiger partial charge is 0.338 e. The Morgan fingerprint density at radius 1 is 1.30 bits per heavy atom. The van der Waals surface area contributed by atoms with Gasteiger partial charge in [-0.15, -0.1) is 0 Å². The molecule has 0 spiro atoms. The van der Waals surface area contributed by atoms with E-state index in [1.54, 1.807) is 19.3 Å². The van der Waals surface area contributed by atoms with Crippen LogP contribution in [0.3, 0.4) is 0 Å². The highest BCUT2D eigenvalue weighted by molar-refractivity contribution is 7.91. The van der Waals surface area contributed by atoms with Crippen LogP contribution < -0.4 is 0 Å². The maximum atomic E-state index is 12.3. The van der Waals surface area contributed by atoms with E-state index in [4.69, 9.17) is 0 Å². The van der Waals surface area contributed by atoms with E-state index in [0.29, 0.717) is 6.42 Å². The summed E-state index contributed by atoms with van der Waals surface area (Å²) in [5, 5.41) is 1.01. The second-order valence-corrected chi connectivity index (χ2v) is 7.99. The molecule has 0 radical (unpaired) electrons. The van der Waals surface area contributed by atoms with E-state index in [1.807, 2.05) is 30.3 Å². The zero-order valence-electron chi connectivity index (χ0n) is 12.8. The fraction of sp³-hybridized carbons (Fsp3) is 0.294. The molecule has 6 heteroatoms. The van der Waals surface area contributed by atoms with E-state index < -0.39 is 9.84 Å². The summed E-state index contributed by atoms with van der Waals surface area (Å²) < 4.78 is 23.1. The van der Waals surface area contributed by atoms with Gasteiger partial charge in [0, 0.05) is 36.3 Å². The predicted molar refractivity (Wildman–Crippen MR) is 90.6 cm³/mol. The molecule has 0 bridgehead atoms. The molecule has 1 fully saturated rings. The molecule has 1 aliphatic heterocycles. The molecule has 1 unspecified atom stereocenters. The van der Waals surface area contributed by atoms with Crippen LogP contribution in [0.15, 0.2) is 42.6 Å². The van der Waals surface area contributed by atoms with E-state index >= 15 is 0 Å². The molecule has 2 heterocycles. The molecule has 1 atom stereocenters. The first kappa shape index (κ1) is 15.7. The van der Waals surface area contributed by atoms with Crippen molar-refractivity contribution in [1.82, 2.24) is 9.88 Å². The number of rotatable bonds is 3. The molecule has 1 aliphatic rings. The Balaban J connectivity index is 1.78. The van der Waals surface area contributed by atoms with Crippen molar-refractivity contribution in [3.63, 3.8) is 0 Å². The number of aromatic nitrogens is 1. The summed E-state index contributed by atoms with van der Waals surface area (Å²) in [5.74, 6) is 0.0190. The Hall–Kier alpha value is -2.21. The number of para-hydroxylation sites is 1. The van der Waals surface area contributed by atoms with Gasteiger partial charge in [-0.25, -0.2) is 8.42 Å². The molecular weight excluding hydrogens is 312 g/mol. The lowest BCUT2D eigenvalue weighted by atomic mass is 10.1. The van der Waals surface area contributed by atoms with E-state index in [1.165, 1.54) is 11.0 Å². The average molecular weight is 330 g/mol. The third kappa shape index (κ3) is 3.42. The van der Waals surface area contributed by atoms with Crippen LogP contribution in [0.2, 0.25) is 0 Å². The molecule has 0 N–H and O–H groups in total. The quantitative estimate of drug-likeness (QED) is 0.806. The van der Waals surface area contributed by atoms with Gasteiger partial charge in [0.15, 0.2) is 9.84 Å². The lowest BCUT2D eigenvalue weighted by molar-refractivity contribution is -0.126. The standard InChI is InChI=1S/C17H18N2O3S/c1-19(15-9-11-23(21,22)12-15)16(20)8-7-14-5-2-4-13-6-3-10-18-17(13)14/h2-8,10,15H,9,11-12H2,1H3/b8-7+. The van der Waals surface area contributed by atoms with Crippen molar-refractivity contribution in [3.05, 3.63) is 48.2 Å². The summed E-state index contributed by atoms with van der Waals surface area (Å²) in [6.45, 7) is 0. The second kappa shape index (κ2) is 6.12. The molecule has 1 saturated heterocycles. The molecule has 23 heavy (non-hydrogen) atoms. The third-order valence-electron chi connectivity index (χ3n) is 4.17. The normalized spacial score (nSPS) is 20.1. The van der Waals surface area contributed by atoms with Gasteiger partial charge in [-0.2, -0.15) is 0 Å². The number of carbonyl (C=O) groups excluding carboxylic acids is 1. The van der Waals surface area contributed by atoms with E-state index in [9.17, 15) is 13.2 Å². The zero-order valence-corrected chi connectivity index (χ0v) is 13.7. The lowest BCUT2D eigenvalue weighted by Crippen LogP contribution is -2.36. The summed E-state index contributed by atoms with van der Waals surface area (Å²) in [4.78, 5) is 18.1. The van der Waals surface area contributed by atoms with Crippen molar-refractivity contribution in [2.75, 3.05) is 18.6 Å². The van der Waals surface area contributed by atoms with E-state index in [-0.39, 0.29) is 23.5 Å². The van der Waals surface area contributed by atoms with E-state index in [2.05, 4.69) is 4.98 Å². The fourth-order valence-corrected chi connectivity index (χ4v) is 4.58. The molecule has 1 amide bonds. The minimum Gasteiger partial charge on any atom is -0.338 e. The van der Waals surface area contributed by atoms with Crippen molar-refractivity contribution in [3.8, 4) is 0 Å². The number of likely N-dealkylation sites (N-methyl/N-ethyl adjacent to an activating group) is 1. The number of hydrogen-bond donors (Lipinski definition) is 0. The maximum absolute atomic E-state index is 12.3. The number of benzene rings is 1. The van der Waals surface area contributed by atoms with Gasteiger partial charge < -0.3 is 4.90 Å². The molecule has 0 aliphatic carbocycles. The smallest absolute Gasteiger partial charge is 0.246 e. The first-order chi connectivity index (χ1) is 11.0. The van der Waals surface area contributed by atoms with Crippen molar-refractivity contribution in [2.45, 2.75) is 12.5 Å². The van der Waals surface area contributed by atoms with E-state index in [0.717, 1.165) is 16.5 Å². The predicted octanol–water partition coefficient (Wildman–Crippen LogP) is 1.89. The summed E-state index contributed by atoms with van der Waals surface area (Å²) in [7, 11) is -1.35. The van der Waals surface area contributed by atoms with Crippen LogP contribution in [0.25, 0.3) is 17.0 Å². The Labute approximate surface area is 135 Å². The van der Waals surface area contributed by atoms with Crippen molar-refractivity contribution in [1.29, 1.82) is 0 Å². The molecule has 2 aromatic rings. The molecule has 120 valence electrons. The number of fused-ring (bicyclic) bond motifs is 1. The molecule has 1 aromatic heterocycles. The highest BCUT2D eigenvalue weighted by Crippen LogP contribution is 2.19. The number of carbonyl (C=O) groups is 1. The van der Waals surface area contributed by atoms with Gasteiger partial charge in [0.05, 0.1) is 17.0 Å². The number of nitrogens with zero attached hydrogens (tertiary/aromatic N) is 2.